The highest BCUT2D eigenvalue weighted by atomic mass is 15.3. The minimum atomic E-state index is 0.738. The van der Waals surface area contributed by atoms with Crippen LogP contribution in [0.5, 0.6) is 0 Å². The molecule has 15 heavy (non-hydrogen) atoms. The van der Waals surface area contributed by atoms with E-state index >= 15 is 0 Å². The molecule has 1 aromatic rings. The minimum absolute atomic E-state index is 0.738. The Labute approximate surface area is 91.4 Å². The molecule has 0 bridgehead atoms. The van der Waals surface area contributed by atoms with E-state index in [2.05, 4.69) is 40.9 Å². The van der Waals surface area contributed by atoms with Crippen LogP contribution in [0, 0.1) is 0 Å². The number of rotatable bonds is 2. The van der Waals surface area contributed by atoms with Gasteiger partial charge in [0.2, 0.25) is 0 Å². The normalized spacial score (nSPS) is 21.1. The van der Waals surface area contributed by atoms with Gasteiger partial charge in [-0.25, -0.2) is 0 Å². The Morgan fingerprint density at radius 3 is 2.40 bits per heavy atom. The van der Waals surface area contributed by atoms with Gasteiger partial charge in [0.15, 0.2) is 0 Å². The lowest BCUT2D eigenvalue weighted by atomic mass is 9.83. The first-order chi connectivity index (χ1) is 7.40. The zero-order valence-corrected chi connectivity index (χ0v) is 9.24. The van der Waals surface area contributed by atoms with Crippen molar-refractivity contribution in [3.8, 4) is 0 Å². The summed E-state index contributed by atoms with van der Waals surface area (Å²) in [6.45, 7) is 0. The Balaban J connectivity index is 1.97. The molecule has 1 aliphatic rings. The van der Waals surface area contributed by atoms with E-state index in [-0.39, 0.29) is 0 Å². The van der Waals surface area contributed by atoms with Gasteiger partial charge in [-0.1, -0.05) is 30.3 Å². The lowest BCUT2D eigenvalue weighted by molar-refractivity contribution is 0.562. The summed E-state index contributed by atoms with van der Waals surface area (Å²) in [5.74, 6) is 0.738. The molecule has 2 rings (SSSR count). The molecular formula is C13H18N2. The summed E-state index contributed by atoms with van der Waals surface area (Å²) in [5, 5.41) is 4.28. The van der Waals surface area contributed by atoms with Crippen LogP contribution in [0.3, 0.4) is 0 Å². The number of hydrogen-bond acceptors (Lipinski definition) is 2. The Morgan fingerprint density at radius 2 is 1.80 bits per heavy atom. The molecule has 1 N–H and O–H groups in total. The second-order valence-electron chi connectivity index (χ2n) is 4.09. The maximum absolute atomic E-state index is 4.28. The van der Waals surface area contributed by atoms with Crippen molar-refractivity contribution in [3.63, 3.8) is 0 Å². The fraction of sp³-hybridized carbons (Fsp3) is 0.462. The van der Waals surface area contributed by atoms with Crippen molar-refractivity contribution in [3.05, 3.63) is 35.9 Å². The maximum Gasteiger partial charge on any atom is 0.0378 e. The molecular weight excluding hydrogens is 184 g/mol. The smallest absolute Gasteiger partial charge is 0.0378 e. The lowest BCUT2D eigenvalue weighted by Crippen LogP contribution is -2.15. The fourth-order valence-electron chi connectivity index (χ4n) is 2.28. The highest BCUT2D eigenvalue weighted by Gasteiger charge is 2.18. The standard InChI is InChI=1S/C13H18N2/c1-14-15-13-9-7-12(8-10-13)11-5-3-2-4-6-11/h2-6,12,14H,7-10H2,1H3. The predicted molar refractivity (Wildman–Crippen MR) is 64.1 cm³/mol. The van der Waals surface area contributed by atoms with Crippen molar-refractivity contribution >= 4 is 5.71 Å². The Kier molecular flexibility index (Phi) is 3.38. The molecule has 0 amide bonds. The predicted octanol–water partition coefficient (Wildman–Crippen LogP) is 2.92. The van der Waals surface area contributed by atoms with E-state index in [0.717, 1.165) is 18.8 Å². The van der Waals surface area contributed by atoms with Gasteiger partial charge in [0, 0.05) is 12.8 Å². The molecule has 2 heteroatoms. The van der Waals surface area contributed by atoms with E-state index in [0.29, 0.717) is 0 Å². The zero-order valence-electron chi connectivity index (χ0n) is 9.24. The third kappa shape index (κ3) is 2.58. The highest BCUT2D eigenvalue weighted by molar-refractivity contribution is 5.85. The number of nitrogens with zero attached hydrogens (tertiary/aromatic N) is 1. The minimum Gasteiger partial charge on any atom is -0.313 e. The van der Waals surface area contributed by atoms with Crippen molar-refractivity contribution in [2.75, 3.05) is 7.05 Å². The first-order valence-electron chi connectivity index (χ1n) is 5.67. The Hall–Kier alpha value is -1.31. The number of hydrogen-bond donors (Lipinski definition) is 1. The summed E-state index contributed by atoms with van der Waals surface area (Å²) in [5.41, 5.74) is 5.69. The van der Waals surface area contributed by atoms with E-state index in [1.807, 2.05) is 7.05 Å². The first kappa shape index (κ1) is 10.2. The molecule has 0 radical (unpaired) electrons. The van der Waals surface area contributed by atoms with Gasteiger partial charge < -0.3 is 5.43 Å². The monoisotopic (exact) mass is 202 g/mol. The van der Waals surface area contributed by atoms with Crippen LogP contribution in [0.4, 0.5) is 0 Å². The van der Waals surface area contributed by atoms with Crippen LogP contribution in [0.2, 0.25) is 0 Å². The lowest BCUT2D eigenvalue weighted by Gasteiger charge is -2.23. The van der Waals surface area contributed by atoms with Crippen LogP contribution in [0.25, 0.3) is 0 Å². The van der Waals surface area contributed by atoms with Crippen molar-refractivity contribution in [1.29, 1.82) is 0 Å². The largest absolute Gasteiger partial charge is 0.313 e. The van der Waals surface area contributed by atoms with E-state index in [4.69, 9.17) is 0 Å². The van der Waals surface area contributed by atoms with Crippen LogP contribution >= 0.6 is 0 Å². The quantitative estimate of drug-likeness (QED) is 0.733. The van der Waals surface area contributed by atoms with Crippen molar-refractivity contribution in [2.24, 2.45) is 5.10 Å². The van der Waals surface area contributed by atoms with Crippen molar-refractivity contribution in [1.82, 2.24) is 5.43 Å². The van der Waals surface area contributed by atoms with Gasteiger partial charge >= 0.3 is 0 Å². The molecule has 1 saturated carbocycles. The molecule has 1 aromatic carbocycles. The van der Waals surface area contributed by atoms with Crippen LogP contribution < -0.4 is 5.43 Å². The second kappa shape index (κ2) is 4.96. The molecule has 0 atom stereocenters. The summed E-state index contributed by atoms with van der Waals surface area (Å²) < 4.78 is 0. The molecule has 80 valence electrons. The average molecular weight is 202 g/mol. The van der Waals surface area contributed by atoms with Crippen LogP contribution in [-0.4, -0.2) is 12.8 Å². The molecule has 1 aliphatic carbocycles. The molecule has 1 fully saturated rings. The summed E-state index contributed by atoms with van der Waals surface area (Å²) in [4.78, 5) is 0. The molecule has 0 saturated heterocycles. The summed E-state index contributed by atoms with van der Waals surface area (Å²) in [7, 11) is 1.87. The zero-order chi connectivity index (χ0) is 10.5. The van der Waals surface area contributed by atoms with Crippen LogP contribution in [0.1, 0.15) is 37.2 Å². The molecule has 0 aromatic heterocycles. The fourth-order valence-corrected chi connectivity index (χ4v) is 2.28. The van der Waals surface area contributed by atoms with Crippen LogP contribution in [0.15, 0.2) is 35.4 Å². The van der Waals surface area contributed by atoms with Gasteiger partial charge in [0.1, 0.15) is 0 Å². The third-order valence-corrected chi connectivity index (χ3v) is 3.10. The van der Waals surface area contributed by atoms with Gasteiger partial charge in [-0.15, -0.1) is 0 Å². The summed E-state index contributed by atoms with van der Waals surface area (Å²) in [6, 6.07) is 10.8. The van der Waals surface area contributed by atoms with E-state index in [9.17, 15) is 0 Å². The van der Waals surface area contributed by atoms with Crippen molar-refractivity contribution in [2.45, 2.75) is 31.6 Å². The Bertz CT molecular complexity index is 320. The first-order valence-corrected chi connectivity index (χ1v) is 5.67. The number of hydrazone groups is 1. The Morgan fingerprint density at radius 1 is 1.13 bits per heavy atom. The molecule has 0 aliphatic heterocycles. The molecule has 2 nitrogen and oxygen atoms in total. The van der Waals surface area contributed by atoms with E-state index < -0.39 is 0 Å². The van der Waals surface area contributed by atoms with Gasteiger partial charge in [0.05, 0.1) is 0 Å². The molecule has 0 unspecified atom stereocenters. The summed E-state index contributed by atoms with van der Waals surface area (Å²) >= 11 is 0. The van der Waals surface area contributed by atoms with E-state index in [1.165, 1.54) is 24.1 Å². The third-order valence-electron chi connectivity index (χ3n) is 3.10. The van der Waals surface area contributed by atoms with Gasteiger partial charge in [-0.05, 0) is 37.2 Å². The van der Waals surface area contributed by atoms with Gasteiger partial charge in [-0.3, -0.25) is 0 Å². The topological polar surface area (TPSA) is 24.4 Å². The SMILES string of the molecule is CNN=C1CCC(c2ccccc2)CC1. The number of nitrogens with one attached hydrogen (secondary N) is 1. The highest BCUT2D eigenvalue weighted by Crippen LogP contribution is 2.31. The van der Waals surface area contributed by atoms with E-state index in [1.54, 1.807) is 0 Å². The second-order valence-corrected chi connectivity index (χ2v) is 4.09. The van der Waals surface area contributed by atoms with Crippen LogP contribution in [-0.2, 0) is 0 Å². The molecule has 0 heterocycles. The van der Waals surface area contributed by atoms with Gasteiger partial charge in [-0.2, -0.15) is 5.10 Å². The molecule has 0 spiro atoms. The maximum atomic E-state index is 4.28. The summed E-state index contributed by atoms with van der Waals surface area (Å²) in [6.07, 6.45) is 4.76. The van der Waals surface area contributed by atoms with Gasteiger partial charge in [0.25, 0.3) is 0 Å². The number of benzene rings is 1. The average Bonchev–Trinajstić information content (AvgIpc) is 2.32. The van der Waals surface area contributed by atoms with Crippen molar-refractivity contribution < 1.29 is 0 Å².